The number of hydrogen-bond donors (Lipinski definition) is 1. The van der Waals surface area contributed by atoms with Gasteiger partial charge in [-0.15, -0.1) is 0 Å². The smallest absolute Gasteiger partial charge is 0.323 e. The van der Waals surface area contributed by atoms with E-state index >= 15 is 0 Å². The monoisotopic (exact) mass is 288 g/mol. The van der Waals surface area contributed by atoms with Crippen molar-refractivity contribution in [1.82, 2.24) is 4.98 Å². The summed E-state index contributed by atoms with van der Waals surface area (Å²) in [4.78, 5) is 27.9. The average Bonchev–Trinajstić information content (AvgIpc) is 2.45. The Morgan fingerprint density at radius 2 is 1.90 bits per heavy atom. The number of hydrogen-bond acceptors (Lipinski definition) is 3. The molecule has 0 unspecified atom stereocenters. The van der Waals surface area contributed by atoms with Gasteiger partial charge >= 0.3 is 5.97 Å². The zero-order chi connectivity index (χ0) is 15.4. The molecule has 0 saturated carbocycles. The van der Waals surface area contributed by atoms with Crippen LogP contribution in [0.3, 0.4) is 0 Å². The van der Waals surface area contributed by atoms with Crippen LogP contribution in [0.5, 0.6) is 0 Å². The van der Waals surface area contributed by atoms with Crippen LogP contribution in [0.2, 0.25) is 0 Å². The van der Waals surface area contributed by atoms with E-state index in [9.17, 15) is 14.0 Å². The van der Waals surface area contributed by atoms with Gasteiger partial charge < -0.3 is 5.11 Å². The molecule has 1 N–H and O–H groups in total. The number of aliphatic carboxylic acids is 1. The zero-order valence-electron chi connectivity index (χ0n) is 11.3. The van der Waals surface area contributed by atoms with Crippen molar-refractivity contribution in [3.8, 4) is 0 Å². The van der Waals surface area contributed by atoms with Crippen LogP contribution in [0.4, 0.5) is 10.1 Å². The predicted octanol–water partition coefficient (Wildman–Crippen LogP) is 2.26. The van der Waals surface area contributed by atoms with E-state index in [4.69, 9.17) is 5.11 Å². The van der Waals surface area contributed by atoms with Crippen molar-refractivity contribution in [1.29, 1.82) is 0 Å². The highest BCUT2D eigenvalue weighted by molar-refractivity contribution is 6.08. The average molecular weight is 288 g/mol. The molecule has 2 aromatic rings. The minimum absolute atomic E-state index is 0.216. The number of halogens is 1. The number of carboxylic acid groups (broad SMARTS) is 1. The molecule has 6 heteroatoms. The van der Waals surface area contributed by atoms with Crippen LogP contribution in [0.25, 0.3) is 0 Å². The summed E-state index contributed by atoms with van der Waals surface area (Å²) in [5.74, 6) is -2.69. The van der Waals surface area contributed by atoms with Gasteiger partial charge in [-0.05, 0) is 25.1 Å². The number of pyridine rings is 1. The van der Waals surface area contributed by atoms with Crippen molar-refractivity contribution in [2.75, 3.05) is 11.4 Å². The lowest BCUT2D eigenvalue weighted by molar-refractivity contribution is -0.135. The molecule has 0 atom stereocenters. The van der Waals surface area contributed by atoms with Gasteiger partial charge in [0.1, 0.15) is 6.54 Å². The molecule has 0 saturated heterocycles. The van der Waals surface area contributed by atoms with E-state index in [1.54, 1.807) is 24.3 Å². The molecule has 0 aliphatic heterocycles. The van der Waals surface area contributed by atoms with Crippen molar-refractivity contribution in [3.05, 3.63) is 59.7 Å². The molecule has 0 bridgehead atoms. The third kappa shape index (κ3) is 3.42. The minimum atomic E-state index is -1.18. The Morgan fingerprint density at radius 3 is 2.48 bits per heavy atom. The summed E-state index contributed by atoms with van der Waals surface area (Å²) in [5, 5.41) is 8.96. The van der Waals surface area contributed by atoms with Crippen LogP contribution in [0, 0.1) is 12.7 Å². The highest BCUT2D eigenvalue weighted by Gasteiger charge is 2.22. The number of aromatic nitrogens is 1. The second kappa shape index (κ2) is 6.13. The van der Waals surface area contributed by atoms with Gasteiger partial charge in [-0.2, -0.15) is 0 Å². The highest BCUT2D eigenvalue weighted by Crippen LogP contribution is 2.19. The second-order valence-corrected chi connectivity index (χ2v) is 4.48. The van der Waals surface area contributed by atoms with Gasteiger partial charge in [-0.1, -0.05) is 17.7 Å². The summed E-state index contributed by atoms with van der Waals surface area (Å²) in [7, 11) is 0. The Bertz CT molecular complexity index is 671. The largest absolute Gasteiger partial charge is 0.480 e. The molecular weight excluding hydrogens is 275 g/mol. The Kier molecular flexibility index (Phi) is 4.27. The van der Waals surface area contributed by atoms with Gasteiger partial charge in [0.15, 0.2) is 5.82 Å². The van der Waals surface area contributed by atoms with E-state index < -0.39 is 24.2 Å². The van der Waals surface area contributed by atoms with Crippen molar-refractivity contribution in [2.45, 2.75) is 6.92 Å². The highest BCUT2D eigenvalue weighted by atomic mass is 19.1. The number of carboxylic acids is 1. The van der Waals surface area contributed by atoms with Gasteiger partial charge in [0, 0.05) is 11.9 Å². The van der Waals surface area contributed by atoms with Crippen LogP contribution < -0.4 is 4.90 Å². The molecular formula is C15H13FN2O3. The van der Waals surface area contributed by atoms with E-state index in [1.165, 1.54) is 12.3 Å². The Morgan fingerprint density at radius 1 is 1.24 bits per heavy atom. The number of amides is 1. The first-order valence-electron chi connectivity index (χ1n) is 6.19. The van der Waals surface area contributed by atoms with Gasteiger partial charge in [0.2, 0.25) is 0 Å². The molecule has 0 fully saturated rings. The maximum atomic E-state index is 13.7. The zero-order valence-corrected chi connectivity index (χ0v) is 11.3. The standard InChI is InChI=1S/C15H13FN2O3/c1-10-2-4-11(5-3-10)18(9-14(19)20)15(21)12-6-7-17-8-13(12)16/h2-8H,9H2,1H3,(H,19,20). The number of carbonyl (C=O) groups is 2. The normalized spacial score (nSPS) is 10.2. The number of benzene rings is 1. The first-order valence-corrected chi connectivity index (χ1v) is 6.19. The number of aryl methyl sites for hydroxylation is 1. The lowest BCUT2D eigenvalue weighted by Crippen LogP contribution is -2.36. The van der Waals surface area contributed by atoms with Crippen LogP contribution in [-0.2, 0) is 4.79 Å². The number of nitrogens with zero attached hydrogens (tertiary/aromatic N) is 2. The lowest BCUT2D eigenvalue weighted by atomic mass is 10.1. The third-order valence-electron chi connectivity index (χ3n) is 2.89. The summed E-state index contributed by atoms with van der Waals surface area (Å²) in [5.41, 5.74) is 1.15. The molecule has 1 heterocycles. The maximum absolute atomic E-state index is 13.7. The van der Waals surface area contributed by atoms with Crippen molar-refractivity contribution >= 4 is 17.6 Å². The molecule has 1 aromatic carbocycles. The number of rotatable bonds is 4. The molecule has 0 radical (unpaired) electrons. The SMILES string of the molecule is Cc1ccc(N(CC(=O)O)C(=O)c2ccncc2F)cc1. The molecule has 0 spiro atoms. The van der Waals surface area contributed by atoms with Crippen molar-refractivity contribution in [3.63, 3.8) is 0 Å². The van der Waals surface area contributed by atoms with Crippen LogP contribution in [0.15, 0.2) is 42.7 Å². The minimum Gasteiger partial charge on any atom is -0.480 e. The van der Waals surface area contributed by atoms with Crippen LogP contribution in [0.1, 0.15) is 15.9 Å². The van der Waals surface area contributed by atoms with Gasteiger partial charge in [0.05, 0.1) is 11.8 Å². The fraction of sp³-hybridized carbons (Fsp3) is 0.133. The quantitative estimate of drug-likeness (QED) is 0.936. The summed E-state index contributed by atoms with van der Waals surface area (Å²) in [6, 6.07) is 7.96. The first-order chi connectivity index (χ1) is 9.99. The molecule has 0 aliphatic carbocycles. The molecule has 0 aliphatic rings. The number of carbonyl (C=O) groups excluding carboxylic acids is 1. The maximum Gasteiger partial charge on any atom is 0.323 e. The summed E-state index contributed by atoms with van der Waals surface area (Å²) in [6.07, 6.45) is 2.20. The van der Waals surface area contributed by atoms with Crippen LogP contribution in [-0.4, -0.2) is 28.5 Å². The van der Waals surface area contributed by atoms with Crippen molar-refractivity contribution in [2.24, 2.45) is 0 Å². The first kappa shape index (κ1) is 14.6. The Labute approximate surface area is 120 Å². The summed E-state index contributed by atoms with van der Waals surface area (Å²) >= 11 is 0. The fourth-order valence-corrected chi connectivity index (χ4v) is 1.83. The van der Waals surface area contributed by atoms with E-state index in [1.807, 2.05) is 6.92 Å². The summed E-state index contributed by atoms with van der Waals surface area (Å²) in [6.45, 7) is 1.32. The summed E-state index contributed by atoms with van der Waals surface area (Å²) < 4.78 is 13.7. The van der Waals surface area contributed by atoms with E-state index in [2.05, 4.69) is 4.98 Å². The molecule has 2 rings (SSSR count). The molecule has 1 aromatic heterocycles. The predicted molar refractivity (Wildman–Crippen MR) is 74.7 cm³/mol. The second-order valence-electron chi connectivity index (χ2n) is 4.48. The molecule has 21 heavy (non-hydrogen) atoms. The van der Waals surface area contributed by atoms with E-state index in [-0.39, 0.29) is 5.56 Å². The van der Waals surface area contributed by atoms with Gasteiger partial charge in [0.25, 0.3) is 5.91 Å². The fourth-order valence-electron chi connectivity index (χ4n) is 1.83. The molecule has 5 nitrogen and oxygen atoms in total. The van der Waals surface area contributed by atoms with Gasteiger partial charge in [-0.25, -0.2) is 4.39 Å². The molecule has 108 valence electrons. The van der Waals surface area contributed by atoms with Crippen LogP contribution >= 0.6 is 0 Å². The van der Waals surface area contributed by atoms with E-state index in [0.29, 0.717) is 5.69 Å². The molecule has 1 amide bonds. The van der Waals surface area contributed by atoms with Gasteiger partial charge in [-0.3, -0.25) is 19.5 Å². The van der Waals surface area contributed by atoms with E-state index in [0.717, 1.165) is 16.7 Å². The third-order valence-corrected chi connectivity index (χ3v) is 2.89. The Balaban J connectivity index is 2.40. The Hall–Kier alpha value is -2.76. The lowest BCUT2D eigenvalue weighted by Gasteiger charge is -2.21. The number of anilines is 1. The van der Waals surface area contributed by atoms with Crippen molar-refractivity contribution < 1.29 is 19.1 Å². The topological polar surface area (TPSA) is 70.5 Å².